The summed E-state index contributed by atoms with van der Waals surface area (Å²) in [6, 6.07) is 0. The van der Waals surface area contributed by atoms with E-state index in [1.54, 1.807) is 7.11 Å². The van der Waals surface area contributed by atoms with Gasteiger partial charge in [-0.3, -0.25) is 4.99 Å². The average Bonchev–Trinajstić information content (AvgIpc) is 1.99. The van der Waals surface area contributed by atoms with Crippen molar-refractivity contribution in [2.45, 2.75) is 13.8 Å². The molecule has 0 radical (unpaired) electrons. The third kappa shape index (κ3) is 3.89. The molecular weight excluding hydrogens is 126 g/mol. The molecule has 0 aliphatic rings. The highest BCUT2D eigenvalue weighted by Gasteiger charge is 1.80. The van der Waals surface area contributed by atoms with E-state index >= 15 is 0 Å². The molecule has 0 fully saturated rings. The van der Waals surface area contributed by atoms with Gasteiger partial charge in [0, 0.05) is 5.70 Å². The largest absolute Gasteiger partial charge is 0.501 e. The van der Waals surface area contributed by atoms with Crippen LogP contribution in [0.25, 0.3) is 0 Å². The molecule has 0 aliphatic carbocycles. The van der Waals surface area contributed by atoms with Gasteiger partial charge in [-0.2, -0.15) is 0 Å². The van der Waals surface area contributed by atoms with E-state index in [2.05, 4.69) is 11.7 Å². The highest BCUT2D eigenvalue weighted by atomic mass is 16.5. The monoisotopic (exact) mass is 139 g/mol. The molecule has 2 nitrogen and oxygen atoms in total. The first-order valence-corrected chi connectivity index (χ1v) is 3.06. The molecule has 0 unspecified atom stereocenters. The summed E-state index contributed by atoms with van der Waals surface area (Å²) in [4.78, 5) is 3.71. The van der Waals surface area contributed by atoms with E-state index in [-0.39, 0.29) is 0 Å². The summed E-state index contributed by atoms with van der Waals surface area (Å²) in [7, 11) is 1.64. The van der Waals surface area contributed by atoms with Crippen molar-refractivity contribution in [3.63, 3.8) is 0 Å². The van der Waals surface area contributed by atoms with Crippen molar-refractivity contribution in [2.75, 3.05) is 7.11 Å². The van der Waals surface area contributed by atoms with Gasteiger partial charge in [0.15, 0.2) is 0 Å². The van der Waals surface area contributed by atoms with Crippen LogP contribution in [0.4, 0.5) is 0 Å². The number of rotatable bonds is 3. The number of hydrogen-bond donors (Lipinski definition) is 0. The zero-order chi connectivity index (χ0) is 7.98. The summed E-state index contributed by atoms with van der Waals surface area (Å²) in [5.74, 6) is 0.864. The van der Waals surface area contributed by atoms with Crippen molar-refractivity contribution in [3.05, 3.63) is 23.6 Å². The topological polar surface area (TPSA) is 21.6 Å². The summed E-state index contributed by atoms with van der Waals surface area (Å²) in [5.41, 5.74) is 0.886. The van der Waals surface area contributed by atoms with Crippen molar-refractivity contribution >= 4 is 6.72 Å². The van der Waals surface area contributed by atoms with Gasteiger partial charge in [-0.1, -0.05) is 0 Å². The Morgan fingerprint density at radius 2 is 2.00 bits per heavy atom. The maximum Gasteiger partial charge on any atom is 0.0925 e. The van der Waals surface area contributed by atoms with Crippen molar-refractivity contribution in [2.24, 2.45) is 4.99 Å². The van der Waals surface area contributed by atoms with Gasteiger partial charge in [0.2, 0.25) is 0 Å². The molecule has 0 N–H and O–H groups in total. The van der Waals surface area contributed by atoms with Crippen LogP contribution in [0.2, 0.25) is 0 Å². The summed E-state index contributed by atoms with van der Waals surface area (Å²) >= 11 is 0. The van der Waals surface area contributed by atoms with Gasteiger partial charge in [0.25, 0.3) is 0 Å². The molecule has 0 saturated heterocycles. The Balaban J connectivity index is 4.03. The van der Waals surface area contributed by atoms with Crippen LogP contribution in [-0.4, -0.2) is 13.8 Å². The lowest BCUT2D eigenvalue weighted by Gasteiger charge is -1.94. The number of ether oxygens (including phenoxy) is 1. The smallest absolute Gasteiger partial charge is 0.0925 e. The molecule has 0 aliphatic heterocycles. The number of aliphatic imine (C=N–C) groups is 1. The molecule has 56 valence electrons. The highest BCUT2D eigenvalue weighted by molar-refractivity contribution is 5.29. The summed E-state index contributed by atoms with van der Waals surface area (Å²) in [6.07, 6.45) is 3.70. The summed E-state index contributed by atoms with van der Waals surface area (Å²) in [6.45, 7) is 7.14. The minimum atomic E-state index is 0.864. The Morgan fingerprint density at radius 1 is 1.40 bits per heavy atom. The molecule has 0 spiro atoms. The van der Waals surface area contributed by atoms with Crippen LogP contribution < -0.4 is 0 Å². The van der Waals surface area contributed by atoms with Crippen molar-refractivity contribution < 1.29 is 4.74 Å². The Labute approximate surface area is 61.9 Å². The van der Waals surface area contributed by atoms with E-state index < -0.39 is 0 Å². The minimum absolute atomic E-state index is 0.864. The second-order valence-corrected chi connectivity index (χ2v) is 1.95. The third-order valence-corrected chi connectivity index (χ3v) is 1.13. The second kappa shape index (κ2) is 4.79. The standard InChI is InChI=1S/C8H13NO/c1-7(9-3)5-6-8(2)10-4/h5-6H,3H2,1-2,4H3/b7-5-,8-6+. The lowest BCUT2D eigenvalue weighted by Crippen LogP contribution is -1.76. The molecule has 0 bridgehead atoms. The van der Waals surface area contributed by atoms with Crippen LogP contribution in [0.3, 0.4) is 0 Å². The number of hydrogen-bond acceptors (Lipinski definition) is 2. The lowest BCUT2D eigenvalue weighted by molar-refractivity contribution is 0.294. The van der Waals surface area contributed by atoms with Crippen LogP contribution in [0.1, 0.15) is 13.8 Å². The Morgan fingerprint density at radius 3 is 2.40 bits per heavy atom. The fourth-order valence-electron chi connectivity index (χ4n) is 0.359. The van der Waals surface area contributed by atoms with E-state index in [0.29, 0.717) is 0 Å². The van der Waals surface area contributed by atoms with Gasteiger partial charge in [-0.25, -0.2) is 0 Å². The first kappa shape index (κ1) is 8.95. The molecular formula is C8H13NO. The molecule has 2 heteroatoms. The van der Waals surface area contributed by atoms with E-state index in [1.807, 2.05) is 26.0 Å². The molecule has 0 heterocycles. The second-order valence-electron chi connectivity index (χ2n) is 1.95. The first-order chi connectivity index (χ1) is 4.70. The Kier molecular flexibility index (Phi) is 4.29. The van der Waals surface area contributed by atoms with Crippen LogP contribution in [0.15, 0.2) is 28.6 Å². The van der Waals surface area contributed by atoms with Crippen LogP contribution in [0.5, 0.6) is 0 Å². The van der Waals surface area contributed by atoms with Gasteiger partial charge in [0.05, 0.1) is 12.9 Å². The van der Waals surface area contributed by atoms with E-state index in [4.69, 9.17) is 4.74 Å². The molecule has 10 heavy (non-hydrogen) atoms. The Bertz CT molecular complexity index is 168. The molecule has 0 amide bonds. The fourth-order valence-corrected chi connectivity index (χ4v) is 0.359. The number of nitrogens with zero attached hydrogens (tertiary/aromatic N) is 1. The molecule has 0 aromatic carbocycles. The highest BCUT2D eigenvalue weighted by Crippen LogP contribution is 1.97. The van der Waals surface area contributed by atoms with Gasteiger partial charge >= 0.3 is 0 Å². The Hall–Kier alpha value is -1.05. The molecule has 0 aromatic rings. The molecule has 0 saturated carbocycles. The zero-order valence-corrected chi connectivity index (χ0v) is 6.72. The molecule has 0 aromatic heterocycles. The predicted molar refractivity (Wildman–Crippen MR) is 44.1 cm³/mol. The minimum Gasteiger partial charge on any atom is -0.501 e. The van der Waals surface area contributed by atoms with Crippen molar-refractivity contribution in [1.82, 2.24) is 0 Å². The SMILES string of the molecule is C=N/C(C)=C\C=C(/C)OC. The van der Waals surface area contributed by atoms with Crippen molar-refractivity contribution in [1.29, 1.82) is 0 Å². The predicted octanol–water partition coefficient (Wildman–Crippen LogP) is 2.14. The van der Waals surface area contributed by atoms with E-state index in [0.717, 1.165) is 11.5 Å². The maximum atomic E-state index is 4.90. The van der Waals surface area contributed by atoms with E-state index in [1.165, 1.54) is 0 Å². The summed E-state index contributed by atoms with van der Waals surface area (Å²) in [5, 5.41) is 0. The maximum absolute atomic E-state index is 4.90. The van der Waals surface area contributed by atoms with Crippen LogP contribution in [-0.2, 0) is 4.74 Å². The molecule has 0 atom stereocenters. The molecule has 0 rings (SSSR count). The third-order valence-electron chi connectivity index (χ3n) is 1.13. The zero-order valence-electron chi connectivity index (χ0n) is 6.72. The fraction of sp³-hybridized carbons (Fsp3) is 0.375. The number of methoxy groups -OCH3 is 1. The number of allylic oxidation sites excluding steroid dienone is 4. The van der Waals surface area contributed by atoms with E-state index in [9.17, 15) is 0 Å². The lowest BCUT2D eigenvalue weighted by atomic mass is 10.4. The quantitative estimate of drug-likeness (QED) is 0.333. The van der Waals surface area contributed by atoms with Gasteiger partial charge in [-0.05, 0) is 32.7 Å². The van der Waals surface area contributed by atoms with Crippen LogP contribution in [0, 0.1) is 0 Å². The normalized spacial score (nSPS) is 13.1. The van der Waals surface area contributed by atoms with Crippen molar-refractivity contribution in [3.8, 4) is 0 Å². The van der Waals surface area contributed by atoms with Gasteiger partial charge in [0.1, 0.15) is 0 Å². The van der Waals surface area contributed by atoms with Gasteiger partial charge in [-0.15, -0.1) is 0 Å². The van der Waals surface area contributed by atoms with Crippen LogP contribution >= 0.6 is 0 Å². The summed E-state index contributed by atoms with van der Waals surface area (Å²) < 4.78 is 4.90. The van der Waals surface area contributed by atoms with Gasteiger partial charge < -0.3 is 4.74 Å². The average molecular weight is 139 g/mol. The first-order valence-electron chi connectivity index (χ1n) is 3.06.